The molecule has 5 heteroatoms. The Bertz CT molecular complexity index is 867. The first-order valence-electron chi connectivity index (χ1n) is 9.97. The smallest absolute Gasteiger partial charge is 0.242 e. The largest absolute Gasteiger partial charge is 0.493 e. The average molecular weight is 380 g/mol. The van der Waals surface area contributed by atoms with Gasteiger partial charge in [-0.3, -0.25) is 4.79 Å². The van der Waals surface area contributed by atoms with Crippen molar-refractivity contribution < 1.29 is 14.3 Å². The molecule has 0 aliphatic carbocycles. The lowest BCUT2D eigenvalue weighted by atomic mass is 10.0. The van der Waals surface area contributed by atoms with Crippen molar-refractivity contribution in [3.8, 4) is 11.5 Å². The van der Waals surface area contributed by atoms with Crippen LogP contribution in [-0.2, 0) is 4.79 Å². The standard InChI is InChI=1S/C23H28N2O3/c1-16-14-24(20-8-5-4-7-18(16)20)15-23(26)25-12-6-9-19(25)17-10-11-21(27-2)22(13-17)28-3/h4-5,7-8,10-11,13,16,19H,6,9,12,14-15H2,1-3H3. The van der Waals surface area contributed by atoms with Gasteiger partial charge in [-0.05, 0) is 42.2 Å². The van der Waals surface area contributed by atoms with Gasteiger partial charge in [0.1, 0.15) is 0 Å². The Hall–Kier alpha value is -2.69. The van der Waals surface area contributed by atoms with Crippen LogP contribution in [0.1, 0.15) is 42.9 Å². The van der Waals surface area contributed by atoms with Crippen molar-refractivity contribution >= 4 is 11.6 Å². The fourth-order valence-electron chi connectivity index (χ4n) is 4.60. The second-order valence-corrected chi connectivity index (χ2v) is 7.70. The number of amides is 1. The number of anilines is 1. The molecule has 148 valence electrons. The number of para-hydroxylation sites is 1. The Morgan fingerprint density at radius 3 is 2.68 bits per heavy atom. The molecule has 2 atom stereocenters. The zero-order chi connectivity index (χ0) is 19.7. The molecular weight excluding hydrogens is 352 g/mol. The topological polar surface area (TPSA) is 42.0 Å². The molecule has 2 aliphatic rings. The third-order valence-corrected chi connectivity index (χ3v) is 5.99. The number of fused-ring (bicyclic) bond motifs is 1. The Morgan fingerprint density at radius 2 is 1.89 bits per heavy atom. The van der Waals surface area contributed by atoms with E-state index in [0.29, 0.717) is 24.0 Å². The van der Waals surface area contributed by atoms with Gasteiger partial charge < -0.3 is 19.3 Å². The van der Waals surface area contributed by atoms with Crippen LogP contribution >= 0.6 is 0 Å². The van der Waals surface area contributed by atoms with Crippen LogP contribution < -0.4 is 14.4 Å². The summed E-state index contributed by atoms with van der Waals surface area (Å²) in [6.07, 6.45) is 2.01. The van der Waals surface area contributed by atoms with Crippen LogP contribution in [0.5, 0.6) is 11.5 Å². The van der Waals surface area contributed by atoms with Crippen LogP contribution in [0.2, 0.25) is 0 Å². The van der Waals surface area contributed by atoms with Gasteiger partial charge in [-0.25, -0.2) is 0 Å². The number of methoxy groups -OCH3 is 2. The zero-order valence-corrected chi connectivity index (χ0v) is 16.9. The van der Waals surface area contributed by atoms with Crippen molar-refractivity contribution in [2.75, 3.05) is 38.8 Å². The summed E-state index contributed by atoms with van der Waals surface area (Å²) in [6.45, 7) is 4.37. The van der Waals surface area contributed by atoms with Crippen molar-refractivity contribution in [3.05, 3.63) is 53.6 Å². The van der Waals surface area contributed by atoms with Crippen molar-refractivity contribution in [3.63, 3.8) is 0 Å². The second kappa shape index (κ2) is 7.74. The van der Waals surface area contributed by atoms with E-state index in [4.69, 9.17) is 9.47 Å². The quantitative estimate of drug-likeness (QED) is 0.787. The fourth-order valence-corrected chi connectivity index (χ4v) is 4.60. The number of nitrogens with zero attached hydrogens (tertiary/aromatic N) is 2. The molecule has 0 N–H and O–H groups in total. The Kier molecular flexibility index (Phi) is 5.16. The third-order valence-electron chi connectivity index (χ3n) is 5.99. The van der Waals surface area contributed by atoms with Crippen molar-refractivity contribution in [2.24, 2.45) is 0 Å². The maximum absolute atomic E-state index is 13.2. The van der Waals surface area contributed by atoms with E-state index in [1.807, 2.05) is 23.1 Å². The summed E-state index contributed by atoms with van der Waals surface area (Å²) in [6, 6.07) is 14.5. The van der Waals surface area contributed by atoms with E-state index >= 15 is 0 Å². The molecule has 0 bridgehead atoms. The minimum Gasteiger partial charge on any atom is -0.493 e. The lowest BCUT2D eigenvalue weighted by Crippen LogP contribution is -2.39. The van der Waals surface area contributed by atoms with Gasteiger partial charge in [0.15, 0.2) is 11.5 Å². The van der Waals surface area contributed by atoms with Gasteiger partial charge in [0, 0.05) is 24.7 Å². The van der Waals surface area contributed by atoms with E-state index in [1.54, 1.807) is 14.2 Å². The molecule has 0 aromatic heterocycles. The molecule has 0 radical (unpaired) electrons. The number of carbonyl (C=O) groups is 1. The molecule has 2 heterocycles. The molecule has 4 rings (SSSR count). The summed E-state index contributed by atoms with van der Waals surface area (Å²) in [7, 11) is 3.28. The maximum atomic E-state index is 13.2. The number of rotatable bonds is 5. The Balaban J connectivity index is 1.52. The number of benzene rings is 2. The molecule has 5 nitrogen and oxygen atoms in total. The molecular formula is C23H28N2O3. The number of carbonyl (C=O) groups excluding carboxylic acids is 1. The summed E-state index contributed by atoms with van der Waals surface area (Å²) in [5.74, 6) is 2.08. The molecule has 28 heavy (non-hydrogen) atoms. The van der Waals surface area contributed by atoms with Crippen molar-refractivity contribution in [1.82, 2.24) is 4.90 Å². The first kappa shape index (κ1) is 18.7. The summed E-state index contributed by atoms with van der Waals surface area (Å²) in [5, 5.41) is 0. The highest BCUT2D eigenvalue weighted by molar-refractivity contribution is 5.83. The predicted octanol–water partition coefficient (Wildman–Crippen LogP) is 3.99. The minimum atomic E-state index is 0.0996. The van der Waals surface area contributed by atoms with E-state index in [2.05, 4.69) is 36.1 Å². The lowest BCUT2D eigenvalue weighted by molar-refractivity contribution is -0.130. The molecule has 0 saturated carbocycles. The summed E-state index contributed by atoms with van der Waals surface area (Å²) in [4.78, 5) is 17.5. The fraction of sp³-hybridized carbons (Fsp3) is 0.435. The highest BCUT2D eigenvalue weighted by atomic mass is 16.5. The SMILES string of the molecule is COc1ccc(C2CCCN2C(=O)CN2CC(C)c3ccccc32)cc1OC. The van der Waals surface area contributed by atoms with Gasteiger partial charge in [-0.15, -0.1) is 0 Å². The maximum Gasteiger partial charge on any atom is 0.242 e. The molecule has 1 fully saturated rings. The van der Waals surface area contributed by atoms with Crippen LogP contribution in [0, 0.1) is 0 Å². The van der Waals surface area contributed by atoms with Gasteiger partial charge in [0.05, 0.1) is 26.8 Å². The van der Waals surface area contributed by atoms with E-state index < -0.39 is 0 Å². The molecule has 0 spiro atoms. The van der Waals surface area contributed by atoms with E-state index in [0.717, 1.165) is 31.5 Å². The van der Waals surface area contributed by atoms with Gasteiger partial charge in [0.25, 0.3) is 0 Å². The summed E-state index contributed by atoms with van der Waals surface area (Å²) >= 11 is 0. The Labute approximate surface area is 166 Å². The molecule has 2 unspecified atom stereocenters. The first-order chi connectivity index (χ1) is 13.6. The van der Waals surface area contributed by atoms with Crippen LogP contribution in [0.4, 0.5) is 5.69 Å². The van der Waals surface area contributed by atoms with Crippen LogP contribution in [0.15, 0.2) is 42.5 Å². The monoisotopic (exact) mass is 380 g/mol. The Morgan fingerprint density at radius 1 is 1.11 bits per heavy atom. The first-order valence-corrected chi connectivity index (χ1v) is 9.97. The highest BCUT2D eigenvalue weighted by Gasteiger charge is 2.33. The van der Waals surface area contributed by atoms with Crippen LogP contribution in [-0.4, -0.2) is 44.7 Å². The lowest BCUT2D eigenvalue weighted by Gasteiger charge is -2.28. The van der Waals surface area contributed by atoms with Crippen molar-refractivity contribution in [2.45, 2.75) is 31.7 Å². The molecule has 1 amide bonds. The summed E-state index contributed by atoms with van der Waals surface area (Å²) in [5.41, 5.74) is 3.65. The predicted molar refractivity (Wildman–Crippen MR) is 110 cm³/mol. The van der Waals surface area contributed by atoms with Crippen molar-refractivity contribution in [1.29, 1.82) is 0 Å². The zero-order valence-electron chi connectivity index (χ0n) is 16.9. The van der Waals surface area contributed by atoms with Crippen LogP contribution in [0.3, 0.4) is 0 Å². The van der Waals surface area contributed by atoms with E-state index in [-0.39, 0.29) is 11.9 Å². The highest BCUT2D eigenvalue weighted by Crippen LogP contribution is 2.38. The van der Waals surface area contributed by atoms with Gasteiger partial charge >= 0.3 is 0 Å². The van der Waals surface area contributed by atoms with Gasteiger partial charge in [-0.1, -0.05) is 31.2 Å². The third kappa shape index (κ3) is 3.30. The molecule has 1 saturated heterocycles. The van der Waals surface area contributed by atoms with E-state index in [9.17, 15) is 4.79 Å². The van der Waals surface area contributed by atoms with Gasteiger partial charge in [-0.2, -0.15) is 0 Å². The molecule has 2 aliphatic heterocycles. The van der Waals surface area contributed by atoms with E-state index in [1.165, 1.54) is 11.3 Å². The summed E-state index contributed by atoms with van der Waals surface area (Å²) < 4.78 is 10.8. The van der Waals surface area contributed by atoms with Gasteiger partial charge in [0.2, 0.25) is 5.91 Å². The van der Waals surface area contributed by atoms with Crippen LogP contribution in [0.25, 0.3) is 0 Å². The minimum absolute atomic E-state index is 0.0996. The normalized spacial score (nSPS) is 21.0. The average Bonchev–Trinajstić information content (AvgIpc) is 3.33. The number of likely N-dealkylation sites (tertiary alicyclic amines) is 1. The number of hydrogen-bond donors (Lipinski definition) is 0. The number of ether oxygens (including phenoxy) is 2. The molecule has 2 aromatic rings. The second-order valence-electron chi connectivity index (χ2n) is 7.70. The number of hydrogen-bond acceptors (Lipinski definition) is 4. The molecule has 2 aromatic carbocycles.